The number of aryl methyl sites for hydroxylation is 1. The molecule has 26 heavy (non-hydrogen) atoms. The van der Waals surface area contributed by atoms with E-state index >= 15 is 0 Å². The third-order valence-corrected chi connectivity index (χ3v) is 4.09. The van der Waals surface area contributed by atoms with Gasteiger partial charge in [-0.05, 0) is 54.3 Å². The van der Waals surface area contributed by atoms with Crippen LogP contribution in [-0.4, -0.2) is 10.9 Å². The van der Waals surface area contributed by atoms with Crippen LogP contribution in [-0.2, 0) is 11.2 Å². The summed E-state index contributed by atoms with van der Waals surface area (Å²) in [5.41, 5.74) is 3.22. The summed E-state index contributed by atoms with van der Waals surface area (Å²) in [6.45, 7) is 0. The molecule has 1 heterocycles. The molecule has 0 saturated heterocycles. The summed E-state index contributed by atoms with van der Waals surface area (Å²) in [7, 11) is 0. The molecular formula is C22H17ClN2O. The second kappa shape index (κ2) is 8.84. The first-order valence-electron chi connectivity index (χ1n) is 8.27. The first kappa shape index (κ1) is 17.7. The van der Waals surface area contributed by atoms with E-state index in [2.05, 4.69) is 22.1 Å². The zero-order valence-corrected chi connectivity index (χ0v) is 14.8. The van der Waals surface area contributed by atoms with Crippen molar-refractivity contribution in [3.8, 4) is 11.8 Å². The molecule has 0 fully saturated rings. The van der Waals surface area contributed by atoms with Crippen molar-refractivity contribution in [2.45, 2.75) is 12.8 Å². The van der Waals surface area contributed by atoms with E-state index in [-0.39, 0.29) is 5.91 Å². The van der Waals surface area contributed by atoms with Crippen molar-refractivity contribution in [3.63, 3.8) is 0 Å². The van der Waals surface area contributed by atoms with Gasteiger partial charge in [0.1, 0.15) is 5.69 Å². The molecule has 0 radical (unpaired) electrons. The Morgan fingerprint density at radius 3 is 2.65 bits per heavy atom. The Morgan fingerprint density at radius 1 is 1.00 bits per heavy atom. The second-order valence-electron chi connectivity index (χ2n) is 5.69. The van der Waals surface area contributed by atoms with Crippen molar-refractivity contribution in [2.24, 2.45) is 0 Å². The minimum absolute atomic E-state index is 0.0558. The summed E-state index contributed by atoms with van der Waals surface area (Å²) in [6.07, 6.45) is 2.68. The number of nitrogens with zero attached hydrogens (tertiary/aromatic N) is 1. The third-order valence-electron chi connectivity index (χ3n) is 3.73. The zero-order chi connectivity index (χ0) is 18.2. The predicted octanol–water partition coefficient (Wildman–Crippen LogP) is 4.71. The van der Waals surface area contributed by atoms with E-state index in [0.29, 0.717) is 23.6 Å². The van der Waals surface area contributed by atoms with Gasteiger partial charge in [-0.25, -0.2) is 4.98 Å². The van der Waals surface area contributed by atoms with Gasteiger partial charge in [0.2, 0.25) is 5.91 Å². The zero-order valence-electron chi connectivity index (χ0n) is 14.1. The van der Waals surface area contributed by atoms with Gasteiger partial charge in [0, 0.05) is 28.9 Å². The maximum Gasteiger partial charge on any atom is 0.224 e. The number of carbonyl (C=O) groups excluding carboxylic acids is 1. The Balaban J connectivity index is 1.61. The number of hydrogen-bond acceptors (Lipinski definition) is 2. The van der Waals surface area contributed by atoms with Crippen molar-refractivity contribution in [1.82, 2.24) is 4.98 Å². The Bertz CT molecular complexity index is 958. The Kier molecular flexibility index (Phi) is 6.03. The highest BCUT2D eigenvalue weighted by molar-refractivity contribution is 6.31. The molecule has 0 aliphatic carbocycles. The average molecular weight is 361 g/mol. The van der Waals surface area contributed by atoms with Gasteiger partial charge in [0.15, 0.2) is 0 Å². The molecule has 0 atom stereocenters. The molecule has 0 saturated carbocycles. The van der Waals surface area contributed by atoms with E-state index in [9.17, 15) is 4.79 Å². The molecule has 3 rings (SSSR count). The number of anilines is 1. The molecule has 0 aliphatic heterocycles. The maximum atomic E-state index is 12.2. The molecule has 1 N–H and O–H groups in total. The summed E-state index contributed by atoms with van der Waals surface area (Å²) < 4.78 is 0. The lowest BCUT2D eigenvalue weighted by Crippen LogP contribution is -2.12. The van der Waals surface area contributed by atoms with E-state index in [1.165, 1.54) is 0 Å². The lowest BCUT2D eigenvalue weighted by molar-refractivity contribution is -0.116. The van der Waals surface area contributed by atoms with Gasteiger partial charge in [-0.3, -0.25) is 4.79 Å². The quantitative estimate of drug-likeness (QED) is 0.685. The van der Waals surface area contributed by atoms with Crippen molar-refractivity contribution in [1.29, 1.82) is 0 Å². The number of halogens is 1. The van der Waals surface area contributed by atoms with Gasteiger partial charge >= 0.3 is 0 Å². The fourth-order valence-electron chi connectivity index (χ4n) is 2.42. The molecular weight excluding hydrogens is 344 g/mol. The number of benzene rings is 2. The monoisotopic (exact) mass is 360 g/mol. The van der Waals surface area contributed by atoms with E-state index in [1.807, 2.05) is 66.7 Å². The number of nitrogens with one attached hydrogen (secondary N) is 1. The number of amides is 1. The highest BCUT2D eigenvalue weighted by Crippen LogP contribution is 2.17. The molecule has 2 aromatic carbocycles. The molecule has 0 unspecified atom stereocenters. The molecule has 1 amide bonds. The van der Waals surface area contributed by atoms with E-state index in [0.717, 1.165) is 16.8 Å². The van der Waals surface area contributed by atoms with Gasteiger partial charge < -0.3 is 5.32 Å². The molecule has 1 aromatic heterocycles. The van der Waals surface area contributed by atoms with Crippen molar-refractivity contribution in [2.75, 3.05) is 5.32 Å². The van der Waals surface area contributed by atoms with Crippen LogP contribution < -0.4 is 5.32 Å². The Labute approximate surface area is 158 Å². The van der Waals surface area contributed by atoms with Crippen LogP contribution in [0.2, 0.25) is 5.02 Å². The number of pyridine rings is 1. The van der Waals surface area contributed by atoms with Crippen molar-refractivity contribution < 1.29 is 4.79 Å². The number of aromatic nitrogens is 1. The highest BCUT2D eigenvalue weighted by Gasteiger charge is 2.05. The third kappa shape index (κ3) is 5.20. The lowest BCUT2D eigenvalue weighted by Gasteiger charge is -2.07. The minimum Gasteiger partial charge on any atom is -0.326 e. The summed E-state index contributed by atoms with van der Waals surface area (Å²) in [5, 5.41) is 3.59. The van der Waals surface area contributed by atoms with Gasteiger partial charge in [-0.2, -0.15) is 0 Å². The predicted molar refractivity (Wildman–Crippen MR) is 105 cm³/mol. The molecule has 4 heteroatoms. The maximum absolute atomic E-state index is 12.2. The number of carbonyl (C=O) groups is 1. The first-order valence-corrected chi connectivity index (χ1v) is 8.65. The van der Waals surface area contributed by atoms with Gasteiger partial charge in [0.25, 0.3) is 0 Å². The summed E-state index contributed by atoms with van der Waals surface area (Å²) in [5.74, 6) is 6.01. The van der Waals surface area contributed by atoms with Crippen LogP contribution in [0.25, 0.3) is 0 Å². The summed E-state index contributed by atoms with van der Waals surface area (Å²) in [4.78, 5) is 16.4. The van der Waals surface area contributed by atoms with Crippen LogP contribution in [0.1, 0.15) is 23.2 Å². The van der Waals surface area contributed by atoms with E-state index in [4.69, 9.17) is 11.6 Å². The molecule has 0 bridgehead atoms. The normalized spacial score (nSPS) is 9.88. The summed E-state index contributed by atoms with van der Waals surface area (Å²) >= 11 is 6.12. The lowest BCUT2D eigenvalue weighted by atomic mass is 10.1. The van der Waals surface area contributed by atoms with Crippen molar-refractivity contribution >= 4 is 23.2 Å². The second-order valence-corrected chi connectivity index (χ2v) is 6.09. The van der Waals surface area contributed by atoms with Gasteiger partial charge in [0.05, 0.1) is 0 Å². The molecule has 3 aromatic rings. The molecule has 0 aliphatic rings. The fraction of sp³-hybridized carbons (Fsp3) is 0.0909. The molecule has 128 valence electrons. The Hall–Kier alpha value is -3.09. The Morgan fingerprint density at radius 2 is 1.85 bits per heavy atom. The molecule has 0 spiro atoms. The van der Waals surface area contributed by atoms with Crippen LogP contribution in [0, 0.1) is 11.8 Å². The van der Waals surface area contributed by atoms with Crippen LogP contribution in [0.15, 0.2) is 72.9 Å². The standard InChI is InChI=1S/C22H17ClN2O/c23-21-10-2-1-7-18(21)12-14-22(26)25-20-9-5-6-17(16-20)11-13-19-8-3-4-15-24-19/h1-10,15-16H,12,14H2,(H,25,26). The SMILES string of the molecule is O=C(CCc1ccccc1Cl)Nc1cccc(C#Cc2ccccn2)c1. The van der Waals surface area contributed by atoms with Crippen molar-refractivity contribution in [3.05, 3.63) is 94.8 Å². The van der Waals surface area contributed by atoms with Crippen LogP contribution in [0.3, 0.4) is 0 Å². The fourth-order valence-corrected chi connectivity index (χ4v) is 2.65. The smallest absolute Gasteiger partial charge is 0.224 e. The average Bonchev–Trinajstić information content (AvgIpc) is 2.67. The highest BCUT2D eigenvalue weighted by atomic mass is 35.5. The van der Waals surface area contributed by atoms with E-state index < -0.39 is 0 Å². The minimum atomic E-state index is -0.0558. The van der Waals surface area contributed by atoms with Crippen LogP contribution in [0.4, 0.5) is 5.69 Å². The van der Waals surface area contributed by atoms with Gasteiger partial charge in [-0.15, -0.1) is 0 Å². The first-order chi connectivity index (χ1) is 12.7. The van der Waals surface area contributed by atoms with Gasteiger partial charge in [-0.1, -0.05) is 47.9 Å². The van der Waals surface area contributed by atoms with Crippen LogP contribution in [0.5, 0.6) is 0 Å². The largest absolute Gasteiger partial charge is 0.326 e. The van der Waals surface area contributed by atoms with E-state index in [1.54, 1.807) is 6.20 Å². The number of hydrogen-bond donors (Lipinski definition) is 1. The van der Waals surface area contributed by atoms with Crippen LogP contribution >= 0.6 is 11.6 Å². The topological polar surface area (TPSA) is 42.0 Å². The number of rotatable bonds is 4. The summed E-state index contributed by atoms with van der Waals surface area (Å²) in [6, 6.07) is 20.6. The molecule has 3 nitrogen and oxygen atoms in total.